The molecule has 0 aromatic heterocycles. The third-order valence-corrected chi connectivity index (χ3v) is 6.79. The molecule has 1 aliphatic carbocycles. The maximum Gasteiger partial charge on any atom is 0.251 e. The normalized spacial score (nSPS) is 15.6. The Kier molecular flexibility index (Phi) is 6.49. The Hall–Kier alpha value is -2.22. The fraction of sp³-hybridized carbons (Fsp3) is 0.381. The summed E-state index contributed by atoms with van der Waals surface area (Å²) in [5, 5.41) is 3.02. The molecule has 3 rings (SSSR count). The zero-order valence-corrected chi connectivity index (χ0v) is 16.8. The van der Waals surface area contributed by atoms with Crippen molar-refractivity contribution in [2.45, 2.75) is 29.6 Å². The number of carbonyl (C=O) groups excluding carboxylic acids is 1. The van der Waals surface area contributed by atoms with Gasteiger partial charge in [-0.2, -0.15) is 0 Å². The highest BCUT2D eigenvalue weighted by Gasteiger charge is 2.38. The van der Waals surface area contributed by atoms with Crippen molar-refractivity contribution in [2.24, 2.45) is 0 Å². The van der Waals surface area contributed by atoms with Crippen LogP contribution in [0.5, 0.6) is 0 Å². The smallest absolute Gasteiger partial charge is 0.251 e. The van der Waals surface area contributed by atoms with E-state index in [0.29, 0.717) is 18.7 Å². The Balaban J connectivity index is 1.62. The highest BCUT2D eigenvalue weighted by Crippen LogP contribution is 2.43. The number of benzene rings is 2. The van der Waals surface area contributed by atoms with Crippen molar-refractivity contribution in [1.29, 1.82) is 0 Å². The minimum atomic E-state index is -3.60. The van der Waals surface area contributed by atoms with Gasteiger partial charge in [-0.1, -0.05) is 36.8 Å². The van der Waals surface area contributed by atoms with Gasteiger partial charge >= 0.3 is 0 Å². The van der Waals surface area contributed by atoms with Crippen LogP contribution in [0.15, 0.2) is 59.5 Å². The second kappa shape index (κ2) is 8.86. The fourth-order valence-corrected chi connectivity index (χ4v) is 4.47. The molecule has 0 radical (unpaired) electrons. The van der Waals surface area contributed by atoms with E-state index < -0.39 is 10.0 Å². The van der Waals surface area contributed by atoms with Crippen LogP contribution in [0.25, 0.3) is 0 Å². The fourth-order valence-electron chi connectivity index (χ4n) is 3.46. The number of hydrogen-bond donors (Lipinski definition) is 2. The quantitative estimate of drug-likeness (QED) is 0.631. The lowest BCUT2D eigenvalue weighted by atomic mass is 9.64. The minimum Gasteiger partial charge on any atom is -0.383 e. The number of carbonyl (C=O) groups is 1. The molecule has 1 aliphatic rings. The molecule has 2 aromatic rings. The summed E-state index contributed by atoms with van der Waals surface area (Å²) in [6.07, 6.45) is 3.27. The van der Waals surface area contributed by atoms with Crippen molar-refractivity contribution >= 4 is 15.9 Å². The van der Waals surface area contributed by atoms with Crippen LogP contribution in [0.3, 0.4) is 0 Å². The van der Waals surface area contributed by atoms with Crippen LogP contribution in [0.1, 0.15) is 35.2 Å². The molecular weight excluding hydrogens is 376 g/mol. The summed E-state index contributed by atoms with van der Waals surface area (Å²) in [4.78, 5) is 12.7. The van der Waals surface area contributed by atoms with Crippen molar-refractivity contribution in [1.82, 2.24) is 10.0 Å². The molecule has 0 bridgehead atoms. The first kappa shape index (κ1) is 20.5. The first-order valence-corrected chi connectivity index (χ1v) is 10.9. The van der Waals surface area contributed by atoms with Crippen molar-refractivity contribution in [3.63, 3.8) is 0 Å². The van der Waals surface area contributed by atoms with Crippen LogP contribution in [-0.4, -0.2) is 41.1 Å². The number of sulfonamides is 1. The number of methoxy groups -OCH3 is 1. The number of rotatable bonds is 9. The Bertz CT molecular complexity index is 892. The van der Waals surface area contributed by atoms with E-state index in [1.54, 1.807) is 0 Å². The topological polar surface area (TPSA) is 84.5 Å². The Labute approximate surface area is 166 Å². The first-order chi connectivity index (χ1) is 13.5. The maximum atomic E-state index is 12.5. The lowest BCUT2D eigenvalue weighted by molar-refractivity contribution is 0.0927. The van der Waals surface area contributed by atoms with E-state index in [4.69, 9.17) is 4.74 Å². The van der Waals surface area contributed by atoms with Crippen molar-refractivity contribution in [3.05, 3.63) is 65.7 Å². The number of amides is 1. The van der Waals surface area contributed by atoms with E-state index in [-0.39, 0.29) is 22.8 Å². The van der Waals surface area contributed by atoms with Gasteiger partial charge in [-0.15, -0.1) is 0 Å². The third-order valence-electron chi connectivity index (χ3n) is 5.31. The van der Waals surface area contributed by atoms with Gasteiger partial charge in [0.1, 0.15) is 0 Å². The van der Waals surface area contributed by atoms with E-state index in [9.17, 15) is 13.2 Å². The summed E-state index contributed by atoms with van der Waals surface area (Å²) < 4.78 is 31.7. The van der Waals surface area contributed by atoms with Crippen molar-refractivity contribution in [2.75, 3.05) is 26.8 Å². The van der Waals surface area contributed by atoms with E-state index in [1.165, 1.54) is 36.9 Å². The molecule has 150 valence electrons. The van der Waals surface area contributed by atoms with Gasteiger partial charge in [-0.25, -0.2) is 13.1 Å². The highest BCUT2D eigenvalue weighted by atomic mass is 32.2. The standard InChI is InChI=1S/C21H26N2O4S/c1-27-15-14-23-28(25,26)19-10-8-17(9-11-19)20(24)22-16-21(12-5-13-21)18-6-3-2-4-7-18/h2-4,6-11,23H,5,12-16H2,1H3,(H,22,24). The van der Waals surface area contributed by atoms with Gasteiger partial charge in [-0.05, 0) is 42.7 Å². The average Bonchev–Trinajstić information content (AvgIpc) is 2.68. The molecular formula is C21H26N2O4S. The number of hydrogen-bond acceptors (Lipinski definition) is 4. The predicted molar refractivity (Wildman–Crippen MR) is 108 cm³/mol. The van der Waals surface area contributed by atoms with Crippen molar-refractivity contribution < 1.29 is 17.9 Å². The van der Waals surface area contributed by atoms with Crippen LogP contribution in [0.2, 0.25) is 0 Å². The lowest BCUT2D eigenvalue weighted by Gasteiger charge is -2.42. The van der Waals surface area contributed by atoms with Crippen LogP contribution in [0, 0.1) is 0 Å². The number of ether oxygens (including phenoxy) is 1. The summed E-state index contributed by atoms with van der Waals surface area (Å²) in [6, 6.07) is 16.2. The van der Waals surface area contributed by atoms with Crippen LogP contribution < -0.4 is 10.0 Å². The monoisotopic (exact) mass is 402 g/mol. The average molecular weight is 403 g/mol. The van der Waals surface area contributed by atoms with E-state index >= 15 is 0 Å². The SMILES string of the molecule is COCCNS(=O)(=O)c1ccc(C(=O)NCC2(c3ccccc3)CCC2)cc1. The zero-order chi connectivity index (χ0) is 20.0. The molecule has 1 fully saturated rings. The molecule has 0 atom stereocenters. The van der Waals surface area contributed by atoms with Crippen LogP contribution in [0.4, 0.5) is 0 Å². The second-order valence-electron chi connectivity index (χ2n) is 7.10. The molecule has 2 N–H and O–H groups in total. The van der Waals surface area contributed by atoms with Crippen LogP contribution in [-0.2, 0) is 20.2 Å². The molecule has 0 spiro atoms. The molecule has 7 heteroatoms. The highest BCUT2D eigenvalue weighted by molar-refractivity contribution is 7.89. The molecule has 0 heterocycles. The van der Waals surface area contributed by atoms with E-state index in [1.807, 2.05) is 18.2 Å². The van der Waals surface area contributed by atoms with Gasteiger partial charge in [0.15, 0.2) is 0 Å². The van der Waals surface area contributed by atoms with Gasteiger partial charge in [0, 0.05) is 31.2 Å². The Morgan fingerprint density at radius 1 is 1.07 bits per heavy atom. The third kappa shape index (κ3) is 4.60. The van der Waals surface area contributed by atoms with Gasteiger partial charge in [0.25, 0.3) is 5.91 Å². The molecule has 0 saturated heterocycles. The number of nitrogens with one attached hydrogen (secondary N) is 2. The van der Waals surface area contributed by atoms with Gasteiger partial charge in [0.05, 0.1) is 11.5 Å². The molecule has 1 saturated carbocycles. The van der Waals surface area contributed by atoms with Crippen LogP contribution >= 0.6 is 0 Å². The lowest BCUT2D eigenvalue weighted by Crippen LogP contribution is -2.45. The zero-order valence-electron chi connectivity index (χ0n) is 16.0. The summed E-state index contributed by atoms with van der Waals surface area (Å²) in [7, 11) is -2.10. The Morgan fingerprint density at radius 3 is 2.32 bits per heavy atom. The largest absolute Gasteiger partial charge is 0.383 e. The molecule has 28 heavy (non-hydrogen) atoms. The van der Waals surface area contributed by atoms with E-state index in [0.717, 1.165) is 19.3 Å². The van der Waals surface area contributed by atoms with Crippen molar-refractivity contribution in [3.8, 4) is 0 Å². The maximum absolute atomic E-state index is 12.5. The molecule has 6 nitrogen and oxygen atoms in total. The minimum absolute atomic E-state index is 0.00543. The molecule has 0 unspecified atom stereocenters. The first-order valence-electron chi connectivity index (χ1n) is 9.39. The summed E-state index contributed by atoms with van der Waals surface area (Å²) in [5.74, 6) is -0.196. The van der Waals surface area contributed by atoms with E-state index in [2.05, 4.69) is 22.2 Å². The summed E-state index contributed by atoms with van der Waals surface area (Å²) >= 11 is 0. The summed E-state index contributed by atoms with van der Waals surface area (Å²) in [5.41, 5.74) is 1.70. The molecule has 2 aromatic carbocycles. The molecule has 1 amide bonds. The summed E-state index contributed by atoms with van der Waals surface area (Å²) in [6.45, 7) is 1.07. The van der Waals surface area contributed by atoms with Gasteiger partial charge < -0.3 is 10.1 Å². The van der Waals surface area contributed by atoms with Gasteiger partial charge in [0.2, 0.25) is 10.0 Å². The molecule has 0 aliphatic heterocycles. The second-order valence-corrected chi connectivity index (χ2v) is 8.86. The predicted octanol–water partition coefficient (Wildman–Crippen LogP) is 2.46. The Morgan fingerprint density at radius 2 is 1.75 bits per heavy atom. The van der Waals surface area contributed by atoms with Gasteiger partial charge in [-0.3, -0.25) is 4.79 Å².